The van der Waals surface area contributed by atoms with Crippen LogP contribution in [0.1, 0.15) is 40.2 Å². The lowest BCUT2D eigenvalue weighted by Crippen LogP contribution is -2.44. The zero-order chi connectivity index (χ0) is 29.8. The van der Waals surface area contributed by atoms with E-state index in [1.807, 2.05) is 36.4 Å². The van der Waals surface area contributed by atoms with Crippen molar-refractivity contribution in [3.05, 3.63) is 83.2 Å². The van der Waals surface area contributed by atoms with E-state index in [9.17, 15) is 9.18 Å². The highest BCUT2D eigenvalue weighted by molar-refractivity contribution is 6.11. The zero-order valence-electron chi connectivity index (χ0n) is 24.7. The molecular formula is C33H39FN6O3. The van der Waals surface area contributed by atoms with Gasteiger partial charge in [0, 0.05) is 75.2 Å². The molecule has 2 saturated heterocycles. The highest BCUT2D eigenvalue weighted by atomic mass is 19.1. The summed E-state index contributed by atoms with van der Waals surface area (Å²) in [4.78, 5) is 18.5. The summed E-state index contributed by atoms with van der Waals surface area (Å²) in [5.41, 5.74) is 5.03. The number of benzene rings is 3. The molecule has 3 heterocycles. The van der Waals surface area contributed by atoms with Gasteiger partial charge in [0.05, 0.1) is 17.7 Å². The molecule has 4 aromatic rings. The van der Waals surface area contributed by atoms with Crippen molar-refractivity contribution in [2.75, 3.05) is 75.7 Å². The number of hydrogen-bond donors (Lipinski definition) is 3. The molecule has 0 radical (unpaired) electrons. The number of hydrogen-bond acceptors (Lipinski definition) is 7. The minimum atomic E-state index is -0.292. The number of aromatic amines is 1. The molecule has 1 unspecified atom stereocenters. The molecule has 1 atom stereocenters. The second-order valence-electron chi connectivity index (χ2n) is 11.4. The normalized spacial score (nSPS) is 17.2. The van der Waals surface area contributed by atoms with Gasteiger partial charge in [0.1, 0.15) is 5.82 Å². The van der Waals surface area contributed by atoms with E-state index in [0.29, 0.717) is 31.2 Å². The Morgan fingerprint density at radius 3 is 2.63 bits per heavy atom. The Morgan fingerprint density at radius 2 is 1.86 bits per heavy atom. The van der Waals surface area contributed by atoms with E-state index in [4.69, 9.17) is 9.47 Å². The van der Waals surface area contributed by atoms with Gasteiger partial charge in [-0.15, -0.1) is 0 Å². The van der Waals surface area contributed by atoms with Crippen molar-refractivity contribution >= 4 is 34.0 Å². The number of nitrogens with one attached hydrogen (secondary N) is 3. The topological polar surface area (TPSA) is 94.7 Å². The van der Waals surface area contributed by atoms with Gasteiger partial charge in [-0.05, 0) is 73.5 Å². The van der Waals surface area contributed by atoms with Crippen molar-refractivity contribution in [1.29, 1.82) is 0 Å². The molecule has 226 valence electrons. The van der Waals surface area contributed by atoms with Gasteiger partial charge in [0.2, 0.25) is 0 Å². The third-order valence-corrected chi connectivity index (χ3v) is 8.50. The number of likely N-dealkylation sites (N-methyl/N-ethyl adjacent to an activating group) is 1. The summed E-state index contributed by atoms with van der Waals surface area (Å²) < 4.78 is 25.1. The quantitative estimate of drug-likeness (QED) is 0.252. The molecule has 3 aromatic carbocycles. The summed E-state index contributed by atoms with van der Waals surface area (Å²) in [5, 5.41) is 14.9. The Balaban J connectivity index is 1.28. The number of rotatable bonds is 9. The van der Waals surface area contributed by atoms with Crippen molar-refractivity contribution in [2.45, 2.75) is 24.8 Å². The Bertz CT molecular complexity index is 1560. The van der Waals surface area contributed by atoms with Gasteiger partial charge in [-0.2, -0.15) is 5.10 Å². The first-order valence-corrected chi connectivity index (χ1v) is 14.9. The monoisotopic (exact) mass is 586 g/mol. The Labute approximate surface area is 251 Å². The van der Waals surface area contributed by atoms with Gasteiger partial charge >= 0.3 is 0 Å². The van der Waals surface area contributed by atoms with Gasteiger partial charge < -0.3 is 29.9 Å². The van der Waals surface area contributed by atoms with Crippen LogP contribution in [0.2, 0.25) is 0 Å². The molecule has 2 fully saturated rings. The largest absolute Gasteiger partial charge is 0.384 e. The maximum atomic E-state index is 14.1. The zero-order valence-corrected chi connectivity index (χ0v) is 24.7. The number of H-pyrrole nitrogens is 1. The molecule has 0 saturated carbocycles. The molecule has 1 amide bonds. The highest BCUT2D eigenvalue weighted by Gasteiger charge is 2.23. The fourth-order valence-corrected chi connectivity index (χ4v) is 5.97. The number of halogens is 1. The van der Waals surface area contributed by atoms with Gasteiger partial charge in [0.15, 0.2) is 5.82 Å². The Kier molecular flexibility index (Phi) is 8.87. The summed E-state index contributed by atoms with van der Waals surface area (Å²) in [6, 6.07) is 18.7. The van der Waals surface area contributed by atoms with Crippen LogP contribution in [0.4, 0.5) is 21.6 Å². The minimum absolute atomic E-state index is 0.180. The molecular weight excluding hydrogens is 547 g/mol. The predicted octanol–water partition coefficient (Wildman–Crippen LogP) is 5.08. The lowest BCUT2D eigenvalue weighted by Gasteiger charge is -2.34. The first-order chi connectivity index (χ1) is 21.0. The third kappa shape index (κ3) is 6.66. The van der Waals surface area contributed by atoms with Gasteiger partial charge in [0.25, 0.3) is 5.91 Å². The average molecular weight is 587 g/mol. The molecule has 43 heavy (non-hydrogen) atoms. The summed E-state index contributed by atoms with van der Waals surface area (Å²) in [6.45, 7) is 5.69. The summed E-state index contributed by atoms with van der Waals surface area (Å²) in [5.74, 6) is -0.269. The van der Waals surface area contributed by atoms with Crippen LogP contribution >= 0.6 is 0 Å². The number of ether oxygens (including phenoxy) is 2. The van der Waals surface area contributed by atoms with Crippen molar-refractivity contribution in [3.8, 4) is 0 Å². The van der Waals surface area contributed by atoms with E-state index >= 15 is 0 Å². The number of piperazine rings is 1. The maximum absolute atomic E-state index is 14.1. The van der Waals surface area contributed by atoms with Gasteiger partial charge in [-0.25, -0.2) is 4.39 Å². The number of anilines is 3. The number of carbonyl (C=O) groups is 1. The first kappa shape index (κ1) is 29.1. The van der Waals surface area contributed by atoms with E-state index in [1.165, 1.54) is 12.1 Å². The number of nitrogens with zero attached hydrogens (tertiary/aromatic N) is 3. The highest BCUT2D eigenvalue weighted by Crippen LogP contribution is 2.32. The van der Waals surface area contributed by atoms with Crippen molar-refractivity contribution < 1.29 is 18.7 Å². The van der Waals surface area contributed by atoms with Crippen LogP contribution in [0.5, 0.6) is 0 Å². The van der Waals surface area contributed by atoms with E-state index in [-0.39, 0.29) is 23.7 Å². The van der Waals surface area contributed by atoms with Crippen LogP contribution in [-0.4, -0.2) is 87.2 Å². The lowest BCUT2D eigenvalue weighted by atomic mass is 9.91. The number of methoxy groups -OCH3 is 1. The molecule has 0 bridgehead atoms. The minimum Gasteiger partial charge on any atom is -0.384 e. The van der Waals surface area contributed by atoms with Crippen molar-refractivity contribution in [3.63, 3.8) is 0 Å². The predicted molar refractivity (Wildman–Crippen MR) is 168 cm³/mol. The van der Waals surface area contributed by atoms with Crippen LogP contribution < -0.4 is 15.5 Å². The number of aromatic nitrogens is 2. The molecule has 0 aliphatic carbocycles. The van der Waals surface area contributed by atoms with E-state index < -0.39 is 0 Å². The van der Waals surface area contributed by atoms with Gasteiger partial charge in [-0.1, -0.05) is 18.2 Å². The smallest absolute Gasteiger partial charge is 0.258 e. The summed E-state index contributed by atoms with van der Waals surface area (Å²) >= 11 is 0. The molecule has 9 nitrogen and oxygen atoms in total. The standard InChI is InChI=1S/C33H39FN6O3/c1-39-12-14-40(15-13-39)26-7-8-27(31(20-26)35-25-10-16-43-17-11-25)33(41)36-32-28-19-23(6-9-30(28)37-38-32)29(21-42-2)22-4-3-5-24(34)18-22/h3-9,18-20,25,29,35H,10-17,21H2,1-2H3,(H2,36,37,38,41). The summed E-state index contributed by atoms with van der Waals surface area (Å²) in [7, 11) is 3.78. The lowest BCUT2D eigenvalue weighted by molar-refractivity contribution is 0.0904. The second kappa shape index (κ2) is 13.1. The number of carbonyl (C=O) groups excluding carboxylic acids is 1. The van der Waals surface area contributed by atoms with E-state index in [2.05, 4.69) is 43.7 Å². The van der Waals surface area contributed by atoms with Crippen LogP contribution in [0.3, 0.4) is 0 Å². The molecule has 2 aliphatic heterocycles. The van der Waals surface area contributed by atoms with Crippen molar-refractivity contribution in [1.82, 2.24) is 15.1 Å². The Hall–Kier alpha value is -3.99. The molecule has 3 N–H and O–H groups in total. The SMILES string of the molecule is COCC(c1cccc(F)c1)c1ccc2[nH]nc(NC(=O)c3ccc(N4CCN(C)CC4)cc3NC3CCOCC3)c2c1. The van der Waals surface area contributed by atoms with Crippen LogP contribution in [0.25, 0.3) is 10.9 Å². The fourth-order valence-electron chi connectivity index (χ4n) is 5.97. The molecule has 6 rings (SSSR count). The van der Waals surface area contributed by atoms with E-state index in [1.54, 1.807) is 13.2 Å². The van der Waals surface area contributed by atoms with Crippen molar-refractivity contribution in [2.24, 2.45) is 0 Å². The molecule has 2 aliphatic rings. The first-order valence-electron chi connectivity index (χ1n) is 14.9. The second-order valence-corrected chi connectivity index (χ2v) is 11.4. The molecule has 10 heteroatoms. The van der Waals surface area contributed by atoms with Crippen LogP contribution in [0, 0.1) is 5.82 Å². The molecule has 0 spiro atoms. The summed E-state index contributed by atoms with van der Waals surface area (Å²) in [6.07, 6.45) is 1.78. The van der Waals surface area contributed by atoms with E-state index in [0.717, 1.165) is 72.4 Å². The fraction of sp³-hybridized carbons (Fsp3) is 0.394. The Morgan fingerprint density at radius 1 is 1.07 bits per heavy atom. The average Bonchev–Trinajstić information content (AvgIpc) is 3.42. The van der Waals surface area contributed by atoms with Gasteiger partial charge in [-0.3, -0.25) is 9.89 Å². The van der Waals surface area contributed by atoms with Crippen LogP contribution in [-0.2, 0) is 9.47 Å². The van der Waals surface area contributed by atoms with Crippen LogP contribution in [0.15, 0.2) is 60.7 Å². The maximum Gasteiger partial charge on any atom is 0.258 e. The third-order valence-electron chi connectivity index (χ3n) is 8.50. The number of amides is 1. The number of fused-ring (bicyclic) bond motifs is 1. The molecule has 1 aromatic heterocycles.